The van der Waals surface area contributed by atoms with E-state index in [-0.39, 0.29) is 5.76 Å². The van der Waals surface area contributed by atoms with E-state index in [9.17, 15) is 10.5 Å². The minimum atomic E-state index is -1.01. The molecule has 0 saturated carbocycles. The summed E-state index contributed by atoms with van der Waals surface area (Å²) in [6.07, 6.45) is 3.83. The number of benzene rings is 2. The second-order valence-corrected chi connectivity index (χ2v) is 8.64. The molecule has 0 saturated heterocycles. The maximum Gasteiger partial charge on any atom is 0.158 e. The second-order valence-electron chi connectivity index (χ2n) is 7.83. The van der Waals surface area contributed by atoms with Crippen molar-refractivity contribution in [3.05, 3.63) is 92.2 Å². The largest absolute Gasteiger partial charge is 0.476 e. The predicted molar refractivity (Wildman–Crippen MR) is 135 cm³/mol. The van der Waals surface area contributed by atoms with Gasteiger partial charge in [-0.3, -0.25) is 0 Å². The molecule has 1 aliphatic rings. The highest BCUT2D eigenvalue weighted by molar-refractivity contribution is 6.42. The average molecular weight is 478 g/mol. The van der Waals surface area contributed by atoms with Crippen LogP contribution < -0.4 is 4.90 Å². The molecule has 1 unspecified atom stereocenters. The van der Waals surface area contributed by atoms with Gasteiger partial charge in [-0.1, -0.05) is 53.6 Å². The number of ether oxygens (including phenoxy) is 1. The van der Waals surface area contributed by atoms with Gasteiger partial charge in [0.15, 0.2) is 11.4 Å². The van der Waals surface area contributed by atoms with Crippen molar-refractivity contribution in [1.29, 1.82) is 10.5 Å². The highest BCUT2D eigenvalue weighted by Crippen LogP contribution is 2.48. The molecule has 0 fully saturated rings. The number of rotatable bonds is 6. The topological polar surface area (TPSA) is 60.0 Å². The van der Waals surface area contributed by atoms with Gasteiger partial charge in [0.05, 0.1) is 21.7 Å². The molecule has 2 aromatic carbocycles. The molecule has 0 spiro atoms. The Bertz CT molecular complexity index is 1230. The molecule has 0 N–H and O–H groups in total. The Morgan fingerprint density at radius 2 is 1.70 bits per heavy atom. The summed E-state index contributed by atoms with van der Waals surface area (Å²) in [4.78, 5) is 2.28. The summed E-state index contributed by atoms with van der Waals surface area (Å²) in [5, 5.41) is 20.2. The molecule has 4 nitrogen and oxygen atoms in total. The van der Waals surface area contributed by atoms with Crippen LogP contribution in [-0.2, 0) is 10.3 Å². The third kappa shape index (κ3) is 4.79. The molecule has 2 aromatic rings. The van der Waals surface area contributed by atoms with E-state index in [1.54, 1.807) is 19.1 Å². The minimum Gasteiger partial charge on any atom is -0.476 e. The maximum absolute atomic E-state index is 9.96. The highest BCUT2D eigenvalue weighted by atomic mass is 35.5. The van der Waals surface area contributed by atoms with Crippen LogP contribution in [0.3, 0.4) is 0 Å². The summed E-state index contributed by atoms with van der Waals surface area (Å²) in [6.45, 7) is 9.65. The summed E-state index contributed by atoms with van der Waals surface area (Å²) in [6, 6.07) is 17.8. The van der Waals surface area contributed by atoms with Gasteiger partial charge in [0.2, 0.25) is 0 Å². The molecule has 6 heteroatoms. The molecule has 1 aliphatic heterocycles. The maximum atomic E-state index is 9.96. The van der Waals surface area contributed by atoms with Gasteiger partial charge in [0.25, 0.3) is 0 Å². The summed E-state index contributed by atoms with van der Waals surface area (Å²) in [5.74, 6) is 0.283. The lowest BCUT2D eigenvalue weighted by Crippen LogP contribution is -2.23. The SMILES string of the molecule is CCN(CC)c1ccc(/C=C/C2=C(C#N)C(=C(\C)C#N)/OC2(C)c2ccc(Cl)c(Cl)c2)cc1. The van der Waals surface area contributed by atoms with Gasteiger partial charge in [0, 0.05) is 29.9 Å². The van der Waals surface area contributed by atoms with Crippen molar-refractivity contribution in [2.24, 2.45) is 0 Å². The summed E-state index contributed by atoms with van der Waals surface area (Å²) >= 11 is 12.4. The molecular weight excluding hydrogens is 453 g/mol. The van der Waals surface area contributed by atoms with Crippen LogP contribution >= 0.6 is 23.2 Å². The summed E-state index contributed by atoms with van der Waals surface area (Å²) in [5.41, 5.74) is 3.20. The van der Waals surface area contributed by atoms with Gasteiger partial charge in [-0.05, 0) is 57.5 Å². The lowest BCUT2D eigenvalue weighted by Gasteiger charge is -2.27. The Hall–Kier alpha value is -3.18. The number of hydrogen-bond donors (Lipinski definition) is 0. The first-order valence-electron chi connectivity index (χ1n) is 10.7. The fourth-order valence-corrected chi connectivity index (χ4v) is 4.21. The van der Waals surface area contributed by atoms with E-state index in [4.69, 9.17) is 27.9 Å². The first-order valence-corrected chi connectivity index (χ1v) is 11.5. The number of hydrogen-bond acceptors (Lipinski definition) is 4. The van der Waals surface area contributed by atoms with Crippen LogP contribution in [0, 0.1) is 22.7 Å². The van der Waals surface area contributed by atoms with Crippen LogP contribution in [0.4, 0.5) is 5.69 Å². The van der Waals surface area contributed by atoms with Crippen molar-refractivity contribution in [3.8, 4) is 12.1 Å². The molecule has 0 aliphatic carbocycles. The molecule has 0 radical (unpaired) electrons. The Morgan fingerprint density at radius 3 is 2.24 bits per heavy atom. The molecule has 3 rings (SSSR count). The van der Waals surface area contributed by atoms with Crippen LogP contribution in [0.15, 0.2) is 71.0 Å². The van der Waals surface area contributed by atoms with E-state index < -0.39 is 5.60 Å². The first kappa shape index (κ1) is 24.5. The second kappa shape index (κ2) is 10.2. The van der Waals surface area contributed by atoms with Crippen molar-refractivity contribution in [2.75, 3.05) is 18.0 Å². The van der Waals surface area contributed by atoms with Crippen LogP contribution in [0.5, 0.6) is 0 Å². The Kier molecular flexibility index (Phi) is 7.54. The van der Waals surface area contributed by atoms with E-state index in [1.165, 1.54) is 0 Å². The third-order valence-electron chi connectivity index (χ3n) is 5.87. The lowest BCUT2D eigenvalue weighted by molar-refractivity contribution is 0.0750. The normalized spacial score (nSPS) is 19.3. The zero-order valence-corrected chi connectivity index (χ0v) is 20.6. The molecule has 33 heavy (non-hydrogen) atoms. The van der Waals surface area contributed by atoms with Crippen LogP contribution in [0.2, 0.25) is 10.0 Å². The van der Waals surface area contributed by atoms with Crippen LogP contribution in [0.1, 0.15) is 38.8 Å². The van der Waals surface area contributed by atoms with E-state index in [0.29, 0.717) is 26.8 Å². The van der Waals surface area contributed by atoms with Gasteiger partial charge in [-0.2, -0.15) is 10.5 Å². The summed E-state index contributed by atoms with van der Waals surface area (Å²) in [7, 11) is 0. The van der Waals surface area contributed by atoms with Crippen molar-refractivity contribution in [2.45, 2.75) is 33.3 Å². The van der Waals surface area contributed by atoms with Crippen LogP contribution in [0.25, 0.3) is 6.08 Å². The fraction of sp³-hybridized carbons (Fsp3) is 0.259. The van der Waals surface area contributed by atoms with Crippen LogP contribution in [-0.4, -0.2) is 13.1 Å². The Labute approximate surface area is 205 Å². The van der Waals surface area contributed by atoms with Crippen molar-refractivity contribution in [3.63, 3.8) is 0 Å². The number of halogens is 2. The quantitative estimate of drug-likeness (QED) is 0.406. The fourth-order valence-electron chi connectivity index (χ4n) is 3.91. The average Bonchev–Trinajstić information content (AvgIpc) is 3.13. The zero-order chi connectivity index (χ0) is 24.2. The minimum absolute atomic E-state index is 0.283. The Balaban J connectivity index is 2.10. The van der Waals surface area contributed by atoms with Gasteiger partial charge in [-0.25, -0.2) is 0 Å². The Morgan fingerprint density at radius 1 is 1.03 bits per heavy atom. The van der Waals surface area contributed by atoms with E-state index in [2.05, 4.69) is 43.0 Å². The van der Waals surface area contributed by atoms with E-state index >= 15 is 0 Å². The lowest BCUT2D eigenvalue weighted by atomic mass is 9.86. The predicted octanol–water partition coefficient (Wildman–Crippen LogP) is 7.42. The molecule has 0 bridgehead atoms. The molecule has 0 aromatic heterocycles. The molecule has 0 amide bonds. The molecule has 168 valence electrons. The van der Waals surface area contributed by atoms with Gasteiger partial charge in [-0.15, -0.1) is 0 Å². The molecule has 1 atom stereocenters. The molecular formula is C27H25Cl2N3O. The first-order chi connectivity index (χ1) is 15.8. The monoisotopic (exact) mass is 477 g/mol. The number of nitriles is 2. The number of nitrogens with zero attached hydrogens (tertiary/aromatic N) is 3. The standard InChI is InChI=1S/C27H25Cl2N3O/c1-5-32(6-2)21-11-7-19(8-12-21)9-13-23-22(17-31)26(18(3)16-30)33-27(23,4)20-10-14-24(28)25(29)15-20/h7-15H,5-6H2,1-4H3/b13-9+,26-18-. The van der Waals surface area contributed by atoms with Gasteiger partial charge < -0.3 is 9.64 Å². The highest BCUT2D eigenvalue weighted by Gasteiger charge is 2.43. The number of allylic oxidation sites excluding steroid dienone is 2. The van der Waals surface area contributed by atoms with E-state index in [1.807, 2.05) is 37.3 Å². The summed E-state index contributed by atoms with van der Waals surface area (Å²) < 4.78 is 6.27. The van der Waals surface area contributed by atoms with E-state index in [0.717, 1.165) is 29.9 Å². The number of anilines is 1. The molecule has 1 heterocycles. The van der Waals surface area contributed by atoms with Crippen molar-refractivity contribution in [1.82, 2.24) is 0 Å². The third-order valence-corrected chi connectivity index (χ3v) is 6.61. The van der Waals surface area contributed by atoms with Crippen molar-refractivity contribution >= 4 is 35.0 Å². The van der Waals surface area contributed by atoms with Gasteiger partial charge in [0.1, 0.15) is 11.6 Å². The van der Waals surface area contributed by atoms with Gasteiger partial charge >= 0.3 is 0 Å². The van der Waals surface area contributed by atoms with Crippen molar-refractivity contribution < 1.29 is 4.74 Å². The zero-order valence-electron chi connectivity index (χ0n) is 19.1. The smallest absolute Gasteiger partial charge is 0.158 e.